The van der Waals surface area contributed by atoms with Crippen LogP contribution in [0.5, 0.6) is 0 Å². The van der Waals surface area contributed by atoms with Gasteiger partial charge >= 0.3 is 0 Å². The lowest BCUT2D eigenvalue weighted by atomic mass is 10.4. The number of nitrogens with two attached hydrogens (primary N) is 1. The summed E-state index contributed by atoms with van der Waals surface area (Å²) in [6.07, 6.45) is 0. The topological polar surface area (TPSA) is 38.0 Å². The number of hydrogen-bond acceptors (Lipinski definition) is 2. The van der Waals surface area contributed by atoms with E-state index in [1.54, 1.807) is 0 Å². The molecule has 0 radical (unpaired) electrons. The number of rotatable bonds is 4. The van der Waals surface area contributed by atoms with Crippen LogP contribution >= 0.6 is 0 Å². The van der Waals surface area contributed by atoms with Crippen molar-refractivity contribution in [1.29, 1.82) is 0 Å². The summed E-state index contributed by atoms with van der Waals surface area (Å²) in [5, 5.41) is 4.73. The molecule has 0 heterocycles. The molecule has 1 atom stereocenters. The van der Waals surface area contributed by atoms with Gasteiger partial charge in [-0.1, -0.05) is 55.5 Å². The van der Waals surface area contributed by atoms with Crippen molar-refractivity contribution < 1.29 is 0 Å². The van der Waals surface area contributed by atoms with Crippen LogP contribution in [0, 0.1) is 0 Å². The molecule has 0 amide bonds. The highest BCUT2D eigenvalue weighted by atomic mass is 28.3. The predicted octanol–water partition coefficient (Wildman–Crippen LogP) is 1.04. The zero-order valence-corrected chi connectivity index (χ0v) is 10.2. The predicted molar refractivity (Wildman–Crippen MR) is 65.2 cm³/mol. The van der Waals surface area contributed by atoms with Gasteiger partial charge < -0.3 is 11.1 Å². The van der Waals surface area contributed by atoms with Crippen molar-refractivity contribution in [3.05, 3.63) is 30.3 Å². The van der Waals surface area contributed by atoms with Crippen LogP contribution < -0.4 is 16.2 Å². The first kappa shape index (κ1) is 11.4. The third-order valence-corrected chi connectivity index (χ3v) is 6.30. The zero-order chi connectivity index (χ0) is 10.6. The lowest BCUT2D eigenvalue weighted by molar-refractivity contribution is 0.669. The number of hydrogen-bond donors (Lipinski definition) is 2. The molecule has 3 N–H and O–H groups in total. The Labute approximate surface area is 87.5 Å². The van der Waals surface area contributed by atoms with Crippen molar-refractivity contribution in [3.8, 4) is 0 Å². The average molecular weight is 208 g/mol. The molecular formula is C11H20N2Si. The molecular weight excluding hydrogens is 188 g/mol. The molecule has 78 valence electrons. The highest BCUT2D eigenvalue weighted by Gasteiger charge is 2.30. The average Bonchev–Trinajstić information content (AvgIpc) is 2.19. The summed E-state index contributed by atoms with van der Waals surface area (Å²) in [6.45, 7) is 7.63. The van der Waals surface area contributed by atoms with E-state index in [-0.39, 0.29) is 5.79 Å². The third kappa shape index (κ3) is 2.44. The second kappa shape index (κ2) is 4.73. The molecule has 1 rings (SSSR count). The molecule has 1 aromatic rings. The van der Waals surface area contributed by atoms with Crippen molar-refractivity contribution >= 4 is 13.3 Å². The molecule has 3 heteroatoms. The van der Waals surface area contributed by atoms with E-state index >= 15 is 0 Å². The van der Waals surface area contributed by atoms with Gasteiger partial charge in [0.2, 0.25) is 0 Å². The smallest absolute Gasteiger partial charge is 0.116 e. The van der Waals surface area contributed by atoms with Crippen molar-refractivity contribution in [3.63, 3.8) is 0 Å². The van der Waals surface area contributed by atoms with Crippen LogP contribution in [0.1, 0.15) is 6.92 Å². The van der Waals surface area contributed by atoms with E-state index in [2.05, 4.69) is 49.6 Å². The number of nitrogens with one attached hydrogen (secondary N) is 1. The molecule has 14 heavy (non-hydrogen) atoms. The molecule has 1 aromatic carbocycles. The molecule has 0 spiro atoms. The fraction of sp³-hybridized carbons (Fsp3) is 0.455. The summed E-state index contributed by atoms with van der Waals surface area (Å²) in [6, 6.07) is 10.6. The molecule has 0 bridgehead atoms. The molecule has 0 aliphatic heterocycles. The van der Waals surface area contributed by atoms with E-state index in [1.165, 1.54) is 5.19 Å². The van der Waals surface area contributed by atoms with Gasteiger partial charge in [0, 0.05) is 5.79 Å². The van der Waals surface area contributed by atoms with Crippen molar-refractivity contribution in [1.82, 2.24) is 5.32 Å². The van der Waals surface area contributed by atoms with E-state index in [0.29, 0.717) is 0 Å². The largest absolute Gasteiger partial charge is 0.318 e. The van der Waals surface area contributed by atoms with Crippen LogP contribution in [0.15, 0.2) is 30.3 Å². The molecule has 0 saturated carbocycles. The van der Waals surface area contributed by atoms with Crippen LogP contribution in [0.25, 0.3) is 0 Å². The Balaban J connectivity index is 2.84. The minimum absolute atomic E-state index is 0.134. The SMILES string of the molecule is CCNC(N)[Si](C)(C)c1ccccc1. The normalized spacial score (nSPS) is 14.0. The van der Waals surface area contributed by atoms with Gasteiger partial charge in [0.1, 0.15) is 8.07 Å². The summed E-state index contributed by atoms with van der Waals surface area (Å²) in [5.74, 6) is 0.134. The maximum Gasteiger partial charge on any atom is 0.116 e. The first-order chi connectivity index (χ1) is 6.59. The van der Waals surface area contributed by atoms with Gasteiger partial charge in [-0.3, -0.25) is 0 Å². The summed E-state index contributed by atoms with van der Waals surface area (Å²) in [4.78, 5) is 0. The summed E-state index contributed by atoms with van der Waals surface area (Å²) < 4.78 is 0. The van der Waals surface area contributed by atoms with Gasteiger partial charge in [-0.05, 0) is 6.54 Å². The minimum atomic E-state index is -1.54. The maximum atomic E-state index is 6.14. The first-order valence-electron chi connectivity index (χ1n) is 5.13. The van der Waals surface area contributed by atoms with E-state index < -0.39 is 8.07 Å². The van der Waals surface area contributed by atoms with Crippen LogP contribution in [0.2, 0.25) is 13.1 Å². The maximum absolute atomic E-state index is 6.14. The zero-order valence-electron chi connectivity index (χ0n) is 9.25. The van der Waals surface area contributed by atoms with Crippen molar-refractivity contribution in [2.75, 3.05) is 6.54 Å². The van der Waals surface area contributed by atoms with Gasteiger partial charge in [-0.25, -0.2) is 0 Å². The molecule has 0 fully saturated rings. The van der Waals surface area contributed by atoms with Gasteiger partial charge in [0.25, 0.3) is 0 Å². The molecule has 2 nitrogen and oxygen atoms in total. The van der Waals surface area contributed by atoms with Gasteiger partial charge in [0.05, 0.1) is 0 Å². The Hall–Kier alpha value is -0.643. The fourth-order valence-corrected chi connectivity index (χ4v) is 3.65. The monoisotopic (exact) mass is 208 g/mol. The fourth-order valence-electron chi connectivity index (χ4n) is 1.52. The minimum Gasteiger partial charge on any atom is -0.318 e. The van der Waals surface area contributed by atoms with Crippen molar-refractivity contribution in [2.45, 2.75) is 25.8 Å². The highest BCUT2D eigenvalue weighted by Crippen LogP contribution is 2.05. The van der Waals surface area contributed by atoms with E-state index in [1.807, 2.05) is 6.07 Å². The summed E-state index contributed by atoms with van der Waals surface area (Å²) in [7, 11) is -1.54. The van der Waals surface area contributed by atoms with Gasteiger partial charge in [0.15, 0.2) is 0 Å². The van der Waals surface area contributed by atoms with Gasteiger partial charge in [-0.15, -0.1) is 0 Å². The quantitative estimate of drug-likeness (QED) is 0.573. The van der Waals surface area contributed by atoms with Crippen LogP contribution in [-0.2, 0) is 0 Å². The van der Waals surface area contributed by atoms with Gasteiger partial charge in [-0.2, -0.15) is 0 Å². The Morgan fingerprint density at radius 1 is 1.29 bits per heavy atom. The molecule has 1 unspecified atom stereocenters. The van der Waals surface area contributed by atoms with E-state index in [4.69, 9.17) is 5.73 Å². The highest BCUT2D eigenvalue weighted by molar-refractivity contribution is 6.90. The number of benzene rings is 1. The van der Waals surface area contributed by atoms with E-state index in [9.17, 15) is 0 Å². The Morgan fingerprint density at radius 3 is 2.36 bits per heavy atom. The second-order valence-corrected chi connectivity index (χ2v) is 8.77. The Morgan fingerprint density at radius 2 is 1.86 bits per heavy atom. The molecule has 0 aromatic heterocycles. The summed E-state index contributed by atoms with van der Waals surface area (Å²) >= 11 is 0. The van der Waals surface area contributed by atoms with E-state index in [0.717, 1.165) is 6.54 Å². The molecule has 0 saturated heterocycles. The Bertz CT molecular complexity index is 272. The van der Waals surface area contributed by atoms with Crippen molar-refractivity contribution in [2.24, 2.45) is 5.73 Å². The van der Waals surface area contributed by atoms with Crippen LogP contribution in [0.4, 0.5) is 0 Å². The lowest BCUT2D eigenvalue weighted by Crippen LogP contribution is -2.63. The third-order valence-electron chi connectivity index (χ3n) is 2.72. The Kier molecular flexibility index (Phi) is 3.86. The standard InChI is InChI=1S/C11H20N2Si/c1-4-13-11(12)14(2,3)10-8-6-5-7-9-10/h5-9,11,13H,4,12H2,1-3H3. The molecule has 0 aliphatic rings. The second-order valence-electron chi connectivity index (χ2n) is 4.12. The first-order valence-corrected chi connectivity index (χ1v) is 8.21. The summed E-state index contributed by atoms with van der Waals surface area (Å²) in [5.41, 5.74) is 6.14. The van der Waals surface area contributed by atoms with Crippen LogP contribution in [0.3, 0.4) is 0 Å². The van der Waals surface area contributed by atoms with Crippen LogP contribution in [-0.4, -0.2) is 20.4 Å². The molecule has 0 aliphatic carbocycles. The lowest BCUT2D eigenvalue weighted by Gasteiger charge is -2.30.